The Morgan fingerprint density at radius 3 is 2.75 bits per heavy atom. The molecular weight excluding hydrogens is 631 g/mol. The fraction of sp³-hybridized carbons (Fsp3) is 0.586. The number of aliphatic hydroxyl groups is 3. The minimum Gasteiger partial charge on any atom is -0.493 e. The first-order valence-electron chi connectivity index (χ1n) is 13.8. The van der Waals surface area contributed by atoms with Crippen LogP contribution in [0.4, 0.5) is 0 Å². The summed E-state index contributed by atoms with van der Waals surface area (Å²) in [5.41, 5.74) is 0.992. The van der Waals surface area contributed by atoms with E-state index in [2.05, 4.69) is 34.5 Å². The molecule has 3 rings (SSSR count). The van der Waals surface area contributed by atoms with Gasteiger partial charge in [0.2, 0.25) is 11.8 Å². The average Bonchev–Trinajstić information content (AvgIpc) is 3.48. The van der Waals surface area contributed by atoms with Crippen molar-refractivity contribution in [3.8, 4) is 11.5 Å². The van der Waals surface area contributed by atoms with Gasteiger partial charge < -0.3 is 39.7 Å². The van der Waals surface area contributed by atoms with Gasteiger partial charge in [-0.15, -0.1) is 6.58 Å². The highest BCUT2D eigenvalue weighted by atomic mass is 127. The highest BCUT2D eigenvalue weighted by Crippen LogP contribution is 2.37. The molecular formula is C29H41IN2O8. The Morgan fingerprint density at radius 1 is 1.30 bits per heavy atom. The molecule has 222 valence electrons. The van der Waals surface area contributed by atoms with E-state index in [1.165, 1.54) is 7.11 Å². The number of unbranched alkanes of at least 4 members (excludes halogenated alkanes) is 2. The van der Waals surface area contributed by atoms with Gasteiger partial charge in [-0.3, -0.25) is 9.59 Å². The van der Waals surface area contributed by atoms with Crippen molar-refractivity contribution in [2.24, 2.45) is 0 Å². The van der Waals surface area contributed by atoms with Crippen LogP contribution in [0.5, 0.6) is 11.5 Å². The van der Waals surface area contributed by atoms with Crippen molar-refractivity contribution in [1.29, 1.82) is 0 Å². The SMILES string of the molecule is C=CCCCCC(=O)N(CC1CCCO1)C1CC(C(=O)NCCO)=CC(Oc2c(I)cc(CO)cc2OC)C1O. The normalized spacial score (nSPS) is 22.4. The minimum atomic E-state index is -1.15. The molecule has 11 heteroatoms. The van der Waals surface area contributed by atoms with Crippen LogP contribution >= 0.6 is 22.6 Å². The molecule has 1 aliphatic carbocycles. The molecule has 10 nitrogen and oxygen atoms in total. The predicted molar refractivity (Wildman–Crippen MR) is 158 cm³/mol. The summed E-state index contributed by atoms with van der Waals surface area (Å²) < 4.78 is 18.3. The summed E-state index contributed by atoms with van der Waals surface area (Å²) in [7, 11) is 1.48. The molecule has 1 aromatic rings. The summed E-state index contributed by atoms with van der Waals surface area (Å²) in [4.78, 5) is 28.3. The molecule has 0 saturated carbocycles. The number of carbonyl (C=O) groups is 2. The number of halogens is 1. The Labute approximate surface area is 249 Å². The van der Waals surface area contributed by atoms with E-state index in [1.54, 1.807) is 23.1 Å². The predicted octanol–water partition coefficient (Wildman–Crippen LogP) is 2.46. The molecule has 0 radical (unpaired) electrons. The summed E-state index contributed by atoms with van der Waals surface area (Å²) in [5.74, 6) is 0.225. The first kappa shape index (κ1) is 32.3. The molecule has 1 heterocycles. The fourth-order valence-electron chi connectivity index (χ4n) is 5.03. The zero-order valence-electron chi connectivity index (χ0n) is 23.0. The summed E-state index contributed by atoms with van der Waals surface area (Å²) in [6.07, 6.45) is 5.61. The second-order valence-electron chi connectivity index (χ2n) is 10.00. The van der Waals surface area contributed by atoms with E-state index in [1.807, 2.05) is 6.08 Å². The number of ether oxygens (including phenoxy) is 3. The molecule has 1 fully saturated rings. The number of nitrogens with one attached hydrogen (secondary N) is 1. The van der Waals surface area contributed by atoms with Crippen LogP contribution < -0.4 is 14.8 Å². The number of nitrogens with zero attached hydrogens (tertiary/aromatic N) is 1. The third kappa shape index (κ3) is 8.65. The van der Waals surface area contributed by atoms with Crippen LogP contribution in [-0.2, 0) is 20.9 Å². The lowest BCUT2D eigenvalue weighted by Gasteiger charge is -2.41. The number of aliphatic hydroxyl groups excluding tert-OH is 3. The maximum Gasteiger partial charge on any atom is 0.247 e. The number of carbonyl (C=O) groups excluding carboxylic acids is 2. The molecule has 2 amide bonds. The van der Waals surface area contributed by atoms with Crippen LogP contribution in [0.2, 0.25) is 0 Å². The lowest BCUT2D eigenvalue weighted by atomic mass is 9.87. The van der Waals surface area contributed by atoms with Crippen molar-refractivity contribution in [3.05, 3.63) is 45.6 Å². The summed E-state index contributed by atoms with van der Waals surface area (Å²) >= 11 is 2.07. The van der Waals surface area contributed by atoms with E-state index in [-0.39, 0.29) is 38.2 Å². The maximum atomic E-state index is 13.6. The van der Waals surface area contributed by atoms with Crippen LogP contribution in [-0.4, -0.2) is 89.8 Å². The van der Waals surface area contributed by atoms with Gasteiger partial charge in [-0.05, 0) is 78.5 Å². The largest absolute Gasteiger partial charge is 0.493 e. The van der Waals surface area contributed by atoms with Crippen LogP contribution in [0.25, 0.3) is 0 Å². The molecule has 4 atom stereocenters. The smallest absolute Gasteiger partial charge is 0.247 e. The van der Waals surface area contributed by atoms with Gasteiger partial charge in [0.25, 0.3) is 0 Å². The Bertz CT molecular complexity index is 1040. The number of amides is 2. The summed E-state index contributed by atoms with van der Waals surface area (Å²) in [5, 5.41) is 33.1. The van der Waals surface area contributed by atoms with E-state index >= 15 is 0 Å². The van der Waals surface area contributed by atoms with Crippen LogP contribution in [0.3, 0.4) is 0 Å². The van der Waals surface area contributed by atoms with E-state index in [0.717, 1.165) is 25.7 Å². The molecule has 1 aromatic carbocycles. The van der Waals surface area contributed by atoms with Gasteiger partial charge in [-0.25, -0.2) is 0 Å². The Morgan fingerprint density at radius 2 is 2.10 bits per heavy atom. The molecule has 0 aromatic heterocycles. The van der Waals surface area contributed by atoms with E-state index in [4.69, 9.17) is 14.2 Å². The van der Waals surface area contributed by atoms with Crippen LogP contribution in [0.1, 0.15) is 50.5 Å². The second kappa shape index (κ2) is 16.3. The topological polar surface area (TPSA) is 138 Å². The molecule has 4 N–H and O–H groups in total. The molecule has 0 spiro atoms. The number of rotatable bonds is 15. The average molecular weight is 673 g/mol. The number of allylic oxidation sites excluding steroid dienone is 1. The lowest BCUT2D eigenvalue weighted by Crippen LogP contribution is -2.56. The van der Waals surface area contributed by atoms with Gasteiger partial charge in [0, 0.05) is 38.1 Å². The quantitative estimate of drug-likeness (QED) is 0.127. The minimum absolute atomic E-state index is 0.0745. The van der Waals surface area contributed by atoms with Gasteiger partial charge in [0.1, 0.15) is 12.2 Å². The Kier molecular flexibility index (Phi) is 13.2. The molecule has 2 aliphatic rings. The van der Waals surface area contributed by atoms with Crippen LogP contribution in [0, 0.1) is 3.57 Å². The van der Waals surface area contributed by atoms with Crippen molar-refractivity contribution < 1.29 is 39.1 Å². The van der Waals surface area contributed by atoms with Crippen molar-refractivity contribution in [2.45, 2.75) is 75.9 Å². The van der Waals surface area contributed by atoms with E-state index in [0.29, 0.717) is 52.2 Å². The molecule has 0 bridgehead atoms. The van der Waals surface area contributed by atoms with E-state index in [9.17, 15) is 24.9 Å². The van der Waals surface area contributed by atoms with Crippen LogP contribution in [0.15, 0.2) is 36.4 Å². The Balaban J connectivity index is 1.95. The number of methoxy groups -OCH3 is 1. The maximum absolute atomic E-state index is 13.6. The monoisotopic (exact) mass is 672 g/mol. The molecule has 40 heavy (non-hydrogen) atoms. The van der Waals surface area contributed by atoms with Crippen molar-refractivity contribution >= 4 is 34.4 Å². The summed E-state index contributed by atoms with van der Waals surface area (Å²) in [6.45, 7) is 4.36. The van der Waals surface area contributed by atoms with Gasteiger partial charge in [-0.1, -0.05) is 6.08 Å². The zero-order valence-corrected chi connectivity index (χ0v) is 25.2. The highest BCUT2D eigenvalue weighted by Gasteiger charge is 2.41. The zero-order chi connectivity index (χ0) is 29.1. The highest BCUT2D eigenvalue weighted by molar-refractivity contribution is 14.1. The van der Waals surface area contributed by atoms with E-state index < -0.39 is 24.2 Å². The molecule has 4 unspecified atom stereocenters. The Hall–Kier alpha value is -2.19. The number of benzene rings is 1. The molecule has 1 saturated heterocycles. The van der Waals surface area contributed by atoms with Gasteiger partial charge in [0.05, 0.1) is 36.0 Å². The number of hydrogen-bond acceptors (Lipinski definition) is 8. The van der Waals surface area contributed by atoms with Crippen molar-refractivity contribution in [3.63, 3.8) is 0 Å². The van der Waals surface area contributed by atoms with Crippen molar-refractivity contribution in [2.75, 3.05) is 33.4 Å². The first-order valence-corrected chi connectivity index (χ1v) is 14.8. The van der Waals surface area contributed by atoms with Crippen molar-refractivity contribution in [1.82, 2.24) is 10.2 Å². The van der Waals surface area contributed by atoms with Gasteiger partial charge in [0.15, 0.2) is 11.5 Å². The fourth-order valence-corrected chi connectivity index (χ4v) is 5.83. The third-order valence-corrected chi connectivity index (χ3v) is 7.94. The first-order chi connectivity index (χ1) is 19.3. The second-order valence-corrected chi connectivity index (χ2v) is 11.2. The standard InChI is InChI=1S/C29H41IN2O8/c1-3-4-5-6-9-26(35)32(17-21-8-7-12-39-21)23-15-20(29(37)31-10-11-33)16-24(27(23)36)40-28-22(30)13-19(18-34)14-25(28)38-2/h3,13-14,16,21,23-24,27,33-34,36H,1,4-12,15,17-18H2,2H3,(H,31,37). The van der Waals surface area contributed by atoms with Gasteiger partial charge in [-0.2, -0.15) is 0 Å². The lowest BCUT2D eigenvalue weighted by molar-refractivity contribution is -0.141. The van der Waals surface area contributed by atoms with Gasteiger partial charge >= 0.3 is 0 Å². The third-order valence-electron chi connectivity index (χ3n) is 7.13. The number of hydrogen-bond donors (Lipinski definition) is 4. The molecule has 1 aliphatic heterocycles. The summed E-state index contributed by atoms with van der Waals surface area (Å²) in [6, 6.07) is 2.67.